The maximum Gasteiger partial charge on any atom is 0.232 e. The van der Waals surface area contributed by atoms with Gasteiger partial charge in [0.05, 0.1) is 28.3 Å². The van der Waals surface area contributed by atoms with Crippen LogP contribution in [0.25, 0.3) is 0 Å². The minimum absolute atomic E-state index is 0.00670. The lowest BCUT2D eigenvalue weighted by Gasteiger charge is -2.50. The molecule has 0 radical (unpaired) electrons. The number of hydrogen-bond donors (Lipinski definition) is 1. The van der Waals surface area contributed by atoms with Crippen molar-refractivity contribution in [2.75, 3.05) is 31.9 Å². The molecule has 0 atom stereocenters. The van der Waals surface area contributed by atoms with Crippen molar-refractivity contribution in [3.05, 3.63) is 42.1 Å². The topological polar surface area (TPSA) is 65.1 Å². The smallest absolute Gasteiger partial charge is 0.232 e. The van der Waals surface area contributed by atoms with Crippen LogP contribution in [0.3, 0.4) is 0 Å². The molecule has 2 aromatic rings. The lowest BCUT2D eigenvalue weighted by molar-refractivity contribution is -0.131. The van der Waals surface area contributed by atoms with Crippen molar-refractivity contribution in [3.63, 3.8) is 0 Å². The minimum Gasteiger partial charge on any atom is -0.348 e. The Balaban J connectivity index is 1.41. The highest BCUT2D eigenvalue weighted by Gasteiger charge is 2.46. The molecule has 6 nitrogen and oxygen atoms in total. The molecular formula is C19H25N5OS. The van der Waals surface area contributed by atoms with E-state index < -0.39 is 0 Å². The fraction of sp³-hybridized carbons (Fsp3) is 0.526. The Bertz CT molecular complexity index is 754. The Morgan fingerprint density at radius 2 is 2.12 bits per heavy atom. The third kappa shape index (κ3) is 3.14. The normalized spacial score (nSPS) is 19.5. The number of carbonyl (C=O) groups excluding carboxylic acids is 1. The molecule has 1 fully saturated rings. The molecule has 1 spiro atoms. The molecule has 2 aromatic heterocycles. The second-order valence-corrected chi connectivity index (χ2v) is 7.92. The fourth-order valence-corrected chi connectivity index (χ4v) is 5.09. The average molecular weight is 372 g/mol. The van der Waals surface area contributed by atoms with Gasteiger partial charge in [-0.3, -0.25) is 9.69 Å². The molecule has 2 aliphatic rings. The summed E-state index contributed by atoms with van der Waals surface area (Å²) in [5.41, 5.74) is 2.48. The Morgan fingerprint density at radius 3 is 2.85 bits per heavy atom. The number of pyridine rings is 1. The number of likely N-dealkylation sites (tertiary alicyclic amines) is 1. The van der Waals surface area contributed by atoms with Crippen molar-refractivity contribution in [2.24, 2.45) is 0 Å². The molecule has 26 heavy (non-hydrogen) atoms. The van der Waals surface area contributed by atoms with Crippen molar-refractivity contribution in [2.45, 2.75) is 36.8 Å². The summed E-state index contributed by atoms with van der Waals surface area (Å²) in [6.07, 6.45) is 6.54. The highest BCUT2D eigenvalue weighted by molar-refractivity contribution is 7.99. The van der Waals surface area contributed by atoms with E-state index in [1.807, 2.05) is 29.4 Å². The molecule has 7 heteroatoms. The number of H-pyrrole nitrogens is 1. The van der Waals surface area contributed by atoms with Crippen LogP contribution in [0.2, 0.25) is 0 Å². The van der Waals surface area contributed by atoms with Crippen molar-refractivity contribution in [1.29, 1.82) is 0 Å². The Labute approximate surface area is 158 Å². The molecule has 0 bridgehead atoms. The molecule has 2 aliphatic heterocycles. The van der Waals surface area contributed by atoms with Crippen molar-refractivity contribution in [3.8, 4) is 0 Å². The molecule has 0 aromatic carbocycles. The van der Waals surface area contributed by atoms with Crippen LogP contribution < -0.4 is 0 Å². The molecule has 4 rings (SSSR count). The number of likely N-dealkylation sites (N-methyl/N-ethyl adjacent to an activating group) is 1. The first kappa shape index (κ1) is 17.5. The van der Waals surface area contributed by atoms with Crippen LogP contribution in [-0.4, -0.2) is 62.6 Å². The maximum atomic E-state index is 12.6. The minimum atomic E-state index is -0.00670. The number of carbonyl (C=O) groups is 1. The highest BCUT2D eigenvalue weighted by Crippen LogP contribution is 2.42. The number of aromatic amines is 1. The SMILES string of the molecule is CCN1CCc2[nH]cnc2C12CCN(C(=O)CSc1ccccn1)CC2. The number of thioether (sulfide) groups is 1. The predicted octanol–water partition coefficient (Wildman–Crippen LogP) is 2.29. The Kier molecular flexibility index (Phi) is 5.00. The van der Waals surface area contributed by atoms with Gasteiger partial charge in [0.2, 0.25) is 5.91 Å². The zero-order valence-electron chi connectivity index (χ0n) is 15.1. The van der Waals surface area contributed by atoms with Gasteiger partial charge in [-0.15, -0.1) is 0 Å². The molecule has 4 heterocycles. The first-order valence-corrected chi connectivity index (χ1v) is 10.3. The molecule has 1 N–H and O–H groups in total. The summed E-state index contributed by atoms with van der Waals surface area (Å²) in [5, 5.41) is 0.903. The van der Waals surface area contributed by atoms with Crippen molar-refractivity contribution in [1.82, 2.24) is 24.8 Å². The van der Waals surface area contributed by atoms with E-state index in [0.717, 1.165) is 50.5 Å². The molecule has 1 saturated heterocycles. The summed E-state index contributed by atoms with van der Waals surface area (Å²) in [5.74, 6) is 0.659. The lowest BCUT2D eigenvalue weighted by Crippen LogP contribution is -2.57. The van der Waals surface area contributed by atoms with Gasteiger partial charge in [0.15, 0.2) is 0 Å². The van der Waals surface area contributed by atoms with Gasteiger partial charge in [-0.25, -0.2) is 9.97 Å². The van der Waals surface area contributed by atoms with Gasteiger partial charge >= 0.3 is 0 Å². The zero-order valence-corrected chi connectivity index (χ0v) is 16.0. The number of rotatable bonds is 4. The van der Waals surface area contributed by atoms with Crippen LogP contribution >= 0.6 is 11.8 Å². The van der Waals surface area contributed by atoms with Gasteiger partial charge in [0.1, 0.15) is 0 Å². The van der Waals surface area contributed by atoms with Gasteiger partial charge in [-0.05, 0) is 31.5 Å². The number of hydrogen-bond acceptors (Lipinski definition) is 5. The van der Waals surface area contributed by atoms with E-state index in [1.165, 1.54) is 23.1 Å². The number of fused-ring (bicyclic) bond motifs is 2. The molecule has 0 unspecified atom stereocenters. The third-order valence-electron chi connectivity index (χ3n) is 5.70. The van der Waals surface area contributed by atoms with E-state index in [4.69, 9.17) is 0 Å². The second kappa shape index (κ2) is 7.40. The number of nitrogens with zero attached hydrogens (tertiary/aromatic N) is 4. The molecule has 0 aliphatic carbocycles. The number of imidazole rings is 1. The summed E-state index contributed by atoms with van der Waals surface area (Å²) in [7, 11) is 0. The van der Waals surface area contributed by atoms with E-state index in [-0.39, 0.29) is 11.4 Å². The summed E-state index contributed by atoms with van der Waals surface area (Å²) in [4.78, 5) is 29.5. The molecule has 1 amide bonds. The van der Waals surface area contributed by atoms with E-state index in [9.17, 15) is 4.79 Å². The number of aromatic nitrogens is 3. The average Bonchev–Trinajstić information content (AvgIpc) is 3.18. The van der Waals surface area contributed by atoms with Crippen molar-refractivity contribution < 1.29 is 4.79 Å². The van der Waals surface area contributed by atoms with Crippen LogP contribution in [0.5, 0.6) is 0 Å². The van der Waals surface area contributed by atoms with E-state index in [0.29, 0.717) is 5.75 Å². The Morgan fingerprint density at radius 1 is 1.27 bits per heavy atom. The van der Waals surface area contributed by atoms with E-state index >= 15 is 0 Å². The second-order valence-electron chi connectivity index (χ2n) is 6.93. The summed E-state index contributed by atoms with van der Waals surface area (Å²) < 4.78 is 0. The van der Waals surface area contributed by atoms with Gasteiger partial charge < -0.3 is 9.88 Å². The first-order valence-electron chi connectivity index (χ1n) is 9.32. The van der Waals surface area contributed by atoms with Gasteiger partial charge in [0.25, 0.3) is 0 Å². The highest BCUT2D eigenvalue weighted by atomic mass is 32.2. The fourth-order valence-electron chi connectivity index (χ4n) is 4.32. The van der Waals surface area contributed by atoms with Crippen LogP contribution in [-0.2, 0) is 16.8 Å². The molecule has 0 saturated carbocycles. The maximum absolute atomic E-state index is 12.6. The monoisotopic (exact) mass is 371 g/mol. The van der Waals surface area contributed by atoms with E-state index in [2.05, 4.69) is 26.8 Å². The third-order valence-corrected chi connectivity index (χ3v) is 6.63. The van der Waals surface area contributed by atoms with Crippen LogP contribution in [0.4, 0.5) is 0 Å². The number of nitrogens with one attached hydrogen (secondary N) is 1. The standard InChI is InChI=1S/C19H25N5OS/c1-2-24-10-6-15-18(22-14-21-15)19(24)7-11-23(12-8-19)17(25)13-26-16-5-3-4-9-20-16/h3-5,9,14H,2,6-8,10-13H2,1H3,(H,21,22). The Hall–Kier alpha value is -1.86. The van der Waals surface area contributed by atoms with Gasteiger partial charge in [0, 0.05) is 37.9 Å². The lowest BCUT2D eigenvalue weighted by atomic mass is 9.78. The molecule has 138 valence electrons. The predicted molar refractivity (Wildman–Crippen MR) is 102 cm³/mol. The van der Waals surface area contributed by atoms with Crippen LogP contribution in [0, 0.1) is 0 Å². The summed E-state index contributed by atoms with van der Waals surface area (Å²) >= 11 is 1.51. The van der Waals surface area contributed by atoms with Crippen molar-refractivity contribution >= 4 is 17.7 Å². The van der Waals surface area contributed by atoms with Crippen LogP contribution in [0.15, 0.2) is 35.7 Å². The van der Waals surface area contributed by atoms with Gasteiger partial charge in [-0.2, -0.15) is 0 Å². The largest absolute Gasteiger partial charge is 0.348 e. The molecular weight excluding hydrogens is 346 g/mol. The summed E-state index contributed by atoms with van der Waals surface area (Å²) in [6.45, 7) is 5.90. The van der Waals surface area contributed by atoms with Gasteiger partial charge in [-0.1, -0.05) is 24.8 Å². The number of piperidine rings is 1. The zero-order chi connectivity index (χ0) is 18.0. The summed E-state index contributed by atoms with van der Waals surface area (Å²) in [6, 6.07) is 5.79. The van der Waals surface area contributed by atoms with E-state index in [1.54, 1.807) is 6.20 Å². The quantitative estimate of drug-likeness (QED) is 0.836. The van der Waals surface area contributed by atoms with Crippen LogP contribution in [0.1, 0.15) is 31.2 Å². The first-order chi connectivity index (χ1) is 12.7. The number of amides is 1.